The van der Waals surface area contributed by atoms with E-state index in [9.17, 15) is 14.7 Å². The number of carboxylic acids is 1. The number of carboxylic acid groups (broad SMARTS) is 1. The van der Waals surface area contributed by atoms with Crippen LogP contribution < -0.4 is 5.32 Å². The van der Waals surface area contributed by atoms with E-state index in [4.69, 9.17) is 0 Å². The molecule has 0 radical (unpaired) electrons. The van der Waals surface area contributed by atoms with E-state index in [0.29, 0.717) is 5.56 Å². The van der Waals surface area contributed by atoms with Crippen LogP contribution in [-0.2, 0) is 9.59 Å². The number of amides is 1. The summed E-state index contributed by atoms with van der Waals surface area (Å²) in [6.45, 7) is 0. The number of carbonyl (C=O) groups is 2. The summed E-state index contributed by atoms with van der Waals surface area (Å²) in [6.07, 6.45) is 3.15. The van der Waals surface area contributed by atoms with E-state index in [1.807, 2.05) is 0 Å². The summed E-state index contributed by atoms with van der Waals surface area (Å²) in [4.78, 5) is 23.3. The molecule has 0 aromatic heterocycles. The first-order chi connectivity index (χ1) is 9.02. The minimum atomic E-state index is -1.03. The maximum atomic E-state index is 12.0. The van der Waals surface area contributed by atoms with Gasteiger partial charge in [-0.1, -0.05) is 28.1 Å². The Morgan fingerprint density at radius 3 is 2.42 bits per heavy atom. The van der Waals surface area contributed by atoms with Crippen LogP contribution in [0.5, 0.6) is 0 Å². The van der Waals surface area contributed by atoms with Gasteiger partial charge >= 0.3 is 5.97 Å². The summed E-state index contributed by atoms with van der Waals surface area (Å²) in [5.74, 6) is -1.11. The average molecular weight is 324 g/mol. The van der Waals surface area contributed by atoms with E-state index in [-0.39, 0.29) is 17.2 Å². The van der Waals surface area contributed by atoms with Gasteiger partial charge in [0, 0.05) is 10.4 Å². The van der Waals surface area contributed by atoms with Crippen LogP contribution in [0.3, 0.4) is 0 Å². The first-order valence-electron chi connectivity index (χ1n) is 6.30. The predicted octanol–water partition coefficient (Wildman–Crippen LogP) is 2.49. The van der Waals surface area contributed by atoms with Crippen molar-refractivity contribution in [1.29, 1.82) is 0 Å². The monoisotopic (exact) mass is 323 g/mol. The number of hydrogen-bond acceptors (Lipinski definition) is 2. The fraction of sp³-hybridized carbons (Fsp3) is 0.429. The van der Waals surface area contributed by atoms with Crippen LogP contribution in [-0.4, -0.2) is 17.0 Å². The zero-order valence-corrected chi connectivity index (χ0v) is 11.8. The van der Waals surface area contributed by atoms with Crippen LogP contribution in [0.25, 0.3) is 0 Å². The lowest BCUT2D eigenvalue weighted by Gasteiger charge is -2.15. The second kappa shape index (κ2) is 4.34. The third-order valence-electron chi connectivity index (χ3n) is 4.14. The molecule has 0 aliphatic heterocycles. The van der Waals surface area contributed by atoms with Crippen LogP contribution in [0.4, 0.5) is 0 Å². The van der Waals surface area contributed by atoms with Crippen molar-refractivity contribution in [3.05, 3.63) is 34.3 Å². The maximum absolute atomic E-state index is 12.0. The Morgan fingerprint density at radius 2 is 1.95 bits per heavy atom. The number of rotatable bonds is 4. The molecule has 0 saturated heterocycles. The summed E-state index contributed by atoms with van der Waals surface area (Å²) in [6, 6.07) is 6.01. The highest BCUT2D eigenvalue weighted by atomic mass is 79.9. The second-order valence-corrected chi connectivity index (χ2v) is 6.37. The normalized spacial score (nSPS) is 23.7. The smallest absolute Gasteiger partial charge is 0.330 e. The number of benzene rings is 1. The van der Waals surface area contributed by atoms with Crippen LogP contribution in [0.2, 0.25) is 0 Å². The molecule has 2 saturated carbocycles. The third kappa shape index (κ3) is 2.39. The molecule has 2 atom stereocenters. The SMILES string of the molecule is O=C(O)C(NC(=O)C1CC12CC2)c1ccc(Br)cc1. The zero-order valence-electron chi connectivity index (χ0n) is 10.2. The lowest BCUT2D eigenvalue weighted by Crippen LogP contribution is -2.35. The Labute approximate surface area is 119 Å². The fourth-order valence-corrected chi connectivity index (χ4v) is 2.88. The van der Waals surface area contributed by atoms with Gasteiger partial charge in [0.15, 0.2) is 6.04 Å². The second-order valence-electron chi connectivity index (χ2n) is 5.45. The first-order valence-corrected chi connectivity index (χ1v) is 7.10. The standard InChI is InChI=1S/C14H14BrNO3/c15-9-3-1-8(2-4-9)11(13(18)19)16-12(17)10-7-14(10)5-6-14/h1-4,10-11H,5-7H2,(H,16,17)(H,18,19). The predicted molar refractivity (Wildman–Crippen MR) is 72.4 cm³/mol. The molecule has 1 aromatic rings. The molecule has 3 rings (SSSR count). The van der Waals surface area contributed by atoms with Crippen LogP contribution in [0.15, 0.2) is 28.7 Å². The number of aliphatic carboxylic acids is 1. The van der Waals surface area contributed by atoms with Crippen molar-refractivity contribution >= 4 is 27.8 Å². The molecule has 2 aliphatic carbocycles. The van der Waals surface area contributed by atoms with Crippen LogP contribution in [0.1, 0.15) is 30.9 Å². The van der Waals surface area contributed by atoms with Crippen molar-refractivity contribution in [1.82, 2.24) is 5.32 Å². The molecule has 1 amide bonds. The molecule has 4 nitrogen and oxygen atoms in total. The average Bonchev–Trinajstić information content (AvgIpc) is 3.28. The van der Waals surface area contributed by atoms with Gasteiger partial charge in [0.25, 0.3) is 0 Å². The lowest BCUT2D eigenvalue weighted by atomic mass is 10.1. The van der Waals surface area contributed by atoms with Gasteiger partial charge in [0.2, 0.25) is 5.91 Å². The van der Waals surface area contributed by atoms with E-state index >= 15 is 0 Å². The third-order valence-corrected chi connectivity index (χ3v) is 4.66. The Kier molecular flexibility index (Phi) is 2.89. The van der Waals surface area contributed by atoms with Crippen LogP contribution in [0, 0.1) is 11.3 Å². The largest absolute Gasteiger partial charge is 0.479 e. The zero-order chi connectivity index (χ0) is 13.6. The summed E-state index contributed by atoms with van der Waals surface area (Å²) < 4.78 is 0.880. The molecule has 2 unspecified atom stereocenters. The highest BCUT2D eigenvalue weighted by molar-refractivity contribution is 9.10. The number of carbonyl (C=O) groups excluding carboxylic acids is 1. The maximum Gasteiger partial charge on any atom is 0.330 e. The van der Waals surface area contributed by atoms with E-state index in [2.05, 4.69) is 21.2 Å². The molecule has 2 N–H and O–H groups in total. The van der Waals surface area contributed by atoms with E-state index in [0.717, 1.165) is 23.7 Å². The minimum absolute atomic E-state index is 0.0322. The van der Waals surface area contributed by atoms with Gasteiger partial charge < -0.3 is 10.4 Å². The fourth-order valence-electron chi connectivity index (χ4n) is 2.62. The molecule has 5 heteroatoms. The number of hydrogen-bond donors (Lipinski definition) is 2. The van der Waals surface area contributed by atoms with Gasteiger partial charge in [0.1, 0.15) is 0 Å². The lowest BCUT2D eigenvalue weighted by molar-refractivity contribution is -0.142. The van der Waals surface area contributed by atoms with Crippen LogP contribution >= 0.6 is 15.9 Å². The Balaban J connectivity index is 1.72. The molecule has 19 heavy (non-hydrogen) atoms. The Bertz CT molecular complexity index is 536. The van der Waals surface area contributed by atoms with Crippen molar-refractivity contribution in [2.24, 2.45) is 11.3 Å². The molecule has 1 aromatic carbocycles. The molecular weight excluding hydrogens is 310 g/mol. The van der Waals surface area contributed by atoms with Gasteiger partial charge in [-0.25, -0.2) is 4.79 Å². The van der Waals surface area contributed by atoms with E-state index in [1.54, 1.807) is 24.3 Å². The quantitative estimate of drug-likeness (QED) is 0.894. The topological polar surface area (TPSA) is 66.4 Å². The summed E-state index contributed by atoms with van der Waals surface area (Å²) in [5.41, 5.74) is 0.835. The first kappa shape index (κ1) is 12.7. The van der Waals surface area contributed by atoms with E-state index in [1.165, 1.54) is 0 Å². The summed E-state index contributed by atoms with van der Waals surface area (Å²) in [7, 11) is 0. The van der Waals surface area contributed by atoms with Crippen molar-refractivity contribution < 1.29 is 14.7 Å². The Morgan fingerprint density at radius 1 is 1.32 bits per heavy atom. The molecule has 2 fully saturated rings. The highest BCUT2D eigenvalue weighted by Gasteiger charge is 2.65. The summed E-state index contributed by atoms with van der Waals surface area (Å²) in [5, 5.41) is 11.9. The van der Waals surface area contributed by atoms with Crippen molar-refractivity contribution in [2.75, 3.05) is 0 Å². The van der Waals surface area contributed by atoms with Crippen molar-refractivity contribution in [3.8, 4) is 0 Å². The van der Waals surface area contributed by atoms with Gasteiger partial charge in [-0.2, -0.15) is 0 Å². The van der Waals surface area contributed by atoms with Gasteiger partial charge in [-0.15, -0.1) is 0 Å². The molecule has 100 valence electrons. The molecular formula is C14H14BrNO3. The summed E-state index contributed by atoms with van der Waals surface area (Å²) >= 11 is 3.30. The number of nitrogens with one attached hydrogen (secondary N) is 1. The van der Waals surface area contributed by atoms with Gasteiger partial charge in [0.05, 0.1) is 0 Å². The Hall–Kier alpha value is -1.36. The van der Waals surface area contributed by atoms with Gasteiger partial charge in [-0.3, -0.25) is 4.79 Å². The van der Waals surface area contributed by atoms with E-state index < -0.39 is 12.0 Å². The molecule has 2 aliphatic rings. The van der Waals surface area contributed by atoms with Gasteiger partial charge in [-0.05, 0) is 42.4 Å². The molecule has 1 spiro atoms. The van der Waals surface area contributed by atoms with Crippen molar-refractivity contribution in [3.63, 3.8) is 0 Å². The molecule has 0 heterocycles. The number of halogens is 1. The highest BCUT2D eigenvalue weighted by Crippen LogP contribution is 2.70. The molecule has 0 bridgehead atoms. The minimum Gasteiger partial charge on any atom is -0.479 e. The van der Waals surface area contributed by atoms with Crippen molar-refractivity contribution in [2.45, 2.75) is 25.3 Å².